The minimum absolute atomic E-state index is 0.0694. The average Bonchev–Trinajstić information content (AvgIpc) is 2.88. The van der Waals surface area contributed by atoms with Crippen LogP contribution in [0.3, 0.4) is 0 Å². The Labute approximate surface area is 244 Å². The molecule has 0 fully saturated rings. The van der Waals surface area contributed by atoms with Crippen molar-refractivity contribution in [3.63, 3.8) is 0 Å². The van der Waals surface area contributed by atoms with Crippen LogP contribution in [-0.4, -0.2) is 149 Å². The molecule has 0 aromatic carbocycles. The van der Waals surface area contributed by atoms with Gasteiger partial charge >= 0.3 is 15.2 Å². The van der Waals surface area contributed by atoms with Crippen molar-refractivity contribution >= 4 is 15.2 Å². The Kier molecular flexibility index (Phi) is 31.8. The Bertz CT molecular complexity index is 585. The van der Waals surface area contributed by atoms with Crippen LogP contribution in [0.4, 0.5) is 0 Å². The maximum absolute atomic E-state index is 11.1. The molecule has 0 aliphatic carbocycles. The van der Waals surface area contributed by atoms with Crippen LogP contribution in [0.1, 0.15) is 71.1 Å². The largest absolute Gasteiger partial charge is 0.395 e. The van der Waals surface area contributed by atoms with Crippen LogP contribution < -0.4 is 0 Å². The third-order valence-electron chi connectivity index (χ3n) is 6.05. The Morgan fingerprint density at radius 1 is 0.488 bits per heavy atom. The summed E-state index contributed by atoms with van der Waals surface area (Å²) < 4.78 is 22.2. The lowest BCUT2D eigenvalue weighted by molar-refractivity contribution is 0.120. The molecule has 0 rings (SSSR count). The van der Waals surface area contributed by atoms with E-state index in [1.165, 1.54) is 19.3 Å². The minimum Gasteiger partial charge on any atom is -0.395 e. The van der Waals surface area contributed by atoms with Crippen LogP contribution in [0.15, 0.2) is 0 Å². The second kappa shape index (κ2) is 28.7. The molecule has 0 spiro atoms. The third kappa shape index (κ3) is 25.0. The van der Waals surface area contributed by atoms with Gasteiger partial charge in [0.25, 0.3) is 5.08 Å². The number of unbranched alkanes of at least 4 members (excludes halogenated alkanes) is 8. The van der Waals surface area contributed by atoms with Gasteiger partial charge in [-0.05, 0) is 12.8 Å². The molecule has 0 aromatic rings. The van der Waals surface area contributed by atoms with Crippen molar-refractivity contribution in [2.24, 2.45) is 0 Å². The Morgan fingerprint density at radius 3 is 0.951 bits per heavy atom. The van der Waals surface area contributed by atoms with E-state index < -0.39 is 26.7 Å². The first kappa shape index (κ1) is 45.4. The quantitative estimate of drug-likeness (QED) is 0.0465. The zero-order chi connectivity index (χ0) is 32.2. The summed E-state index contributed by atoms with van der Waals surface area (Å²) in [7, 11) is -10.6. The SMILES string of the molecule is CCCCCCCCCCCC(O)(P(=O)(O)O)P(=O)(O)O.OCCN(CCO)CCO.OCCN(CCO)CCO. The van der Waals surface area contributed by atoms with E-state index in [-0.39, 0.29) is 46.1 Å². The lowest BCUT2D eigenvalue weighted by Gasteiger charge is -2.29. The number of aliphatic hydroxyl groups is 7. The van der Waals surface area contributed by atoms with Gasteiger partial charge in [-0.2, -0.15) is 0 Å². The van der Waals surface area contributed by atoms with Gasteiger partial charge in [0.15, 0.2) is 0 Å². The molecule has 0 aliphatic heterocycles. The summed E-state index contributed by atoms with van der Waals surface area (Å²) in [6, 6.07) is 0. The second-order valence-electron chi connectivity index (χ2n) is 9.47. The molecular formula is C24H58N2O13P2. The van der Waals surface area contributed by atoms with Gasteiger partial charge in [-0.15, -0.1) is 0 Å². The predicted molar refractivity (Wildman–Crippen MR) is 156 cm³/mol. The molecule has 0 amide bonds. The first-order chi connectivity index (χ1) is 19.3. The van der Waals surface area contributed by atoms with E-state index in [4.69, 9.17) is 50.2 Å². The van der Waals surface area contributed by atoms with E-state index >= 15 is 0 Å². The Hall–Kier alpha value is -0.0600. The molecule has 41 heavy (non-hydrogen) atoms. The fraction of sp³-hybridized carbons (Fsp3) is 1.00. The fourth-order valence-corrected chi connectivity index (χ4v) is 5.91. The number of rotatable bonds is 24. The van der Waals surface area contributed by atoms with Gasteiger partial charge in [-0.1, -0.05) is 58.3 Å². The Morgan fingerprint density at radius 2 is 0.732 bits per heavy atom. The molecule has 0 saturated heterocycles. The van der Waals surface area contributed by atoms with Gasteiger partial charge < -0.3 is 55.3 Å². The lowest BCUT2D eigenvalue weighted by atomic mass is 10.1. The molecule has 252 valence electrons. The maximum atomic E-state index is 11.1. The van der Waals surface area contributed by atoms with Crippen LogP contribution in [0, 0.1) is 0 Å². The summed E-state index contributed by atoms with van der Waals surface area (Å²) in [5.41, 5.74) is 0. The summed E-state index contributed by atoms with van der Waals surface area (Å²) in [6.07, 6.45) is 7.80. The first-order valence-corrected chi connectivity index (χ1v) is 17.4. The van der Waals surface area contributed by atoms with Gasteiger partial charge in [0.05, 0.1) is 39.6 Å². The fourth-order valence-electron chi connectivity index (χ4n) is 3.65. The standard InChI is InChI=1S/C12H28O7P2.2C6H15NO3/c1-2-3-4-5-6-7-8-9-10-11-12(13,20(14,15)16)21(17,18)19;2*8-4-1-7(2-5-9)3-6-10/h13H,2-11H2,1H3,(H2,14,15,16)(H2,17,18,19);2*8-10H,1-6H2. The van der Waals surface area contributed by atoms with Gasteiger partial charge in [0, 0.05) is 39.3 Å². The second-order valence-corrected chi connectivity index (χ2v) is 13.5. The first-order valence-electron chi connectivity index (χ1n) is 14.2. The summed E-state index contributed by atoms with van der Waals surface area (Å²) in [5.74, 6) is 0. The average molecular weight is 645 g/mol. The molecule has 0 aromatic heterocycles. The van der Waals surface area contributed by atoms with Crippen molar-refractivity contribution in [3.05, 3.63) is 0 Å². The van der Waals surface area contributed by atoms with Crippen LogP contribution >= 0.6 is 15.2 Å². The molecule has 0 radical (unpaired) electrons. The molecule has 0 atom stereocenters. The van der Waals surface area contributed by atoms with E-state index in [0.717, 1.165) is 25.7 Å². The third-order valence-corrected chi connectivity index (χ3v) is 9.92. The lowest BCUT2D eigenvalue weighted by Crippen LogP contribution is -2.32. The molecule has 0 saturated carbocycles. The van der Waals surface area contributed by atoms with Gasteiger partial charge in [-0.25, -0.2) is 0 Å². The normalized spacial score (nSPS) is 12.2. The zero-order valence-electron chi connectivity index (χ0n) is 24.6. The predicted octanol–water partition coefficient (Wildman–Crippen LogP) is -0.561. The number of nitrogens with zero attached hydrogens (tertiary/aromatic N) is 2. The molecule has 0 aliphatic rings. The van der Waals surface area contributed by atoms with Crippen LogP contribution in [0.2, 0.25) is 0 Å². The van der Waals surface area contributed by atoms with E-state index in [1.54, 1.807) is 9.80 Å². The zero-order valence-corrected chi connectivity index (χ0v) is 26.4. The highest BCUT2D eigenvalue weighted by atomic mass is 31.2. The topological polar surface area (TPSA) is 263 Å². The van der Waals surface area contributed by atoms with E-state index in [0.29, 0.717) is 45.7 Å². The molecule has 15 nitrogen and oxygen atoms in total. The molecule has 11 N–H and O–H groups in total. The van der Waals surface area contributed by atoms with Crippen LogP contribution in [-0.2, 0) is 9.13 Å². The van der Waals surface area contributed by atoms with Crippen molar-refractivity contribution in [3.8, 4) is 0 Å². The molecule has 0 heterocycles. The molecule has 17 heteroatoms. The smallest absolute Gasteiger partial charge is 0.369 e. The molecular weight excluding hydrogens is 586 g/mol. The van der Waals surface area contributed by atoms with Gasteiger partial charge in [0.2, 0.25) is 0 Å². The Balaban J connectivity index is -0.000000601. The summed E-state index contributed by atoms with van der Waals surface area (Å²) in [6.45, 7) is 5.65. The van der Waals surface area contributed by atoms with E-state index in [2.05, 4.69) is 6.92 Å². The number of hydrogen-bond acceptors (Lipinski definition) is 11. The van der Waals surface area contributed by atoms with Crippen molar-refractivity contribution in [1.29, 1.82) is 0 Å². The number of aliphatic hydroxyl groups excluding tert-OH is 6. The molecule has 0 bridgehead atoms. The highest BCUT2D eigenvalue weighted by Crippen LogP contribution is 2.69. The van der Waals surface area contributed by atoms with E-state index in [1.807, 2.05) is 0 Å². The summed E-state index contributed by atoms with van der Waals surface area (Å²) >= 11 is 0. The van der Waals surface area contributed by atoms with Crippen molar-refractivity contribution in [2.75, 3.05) is 78.9 Å². The van der Waals surface area contributed by atoms with Crippen molar-refractivity contribution in [1.82, 2.24) is 9.80 Å². The monoisotopic (exact) mass is 644 g/mol. The van der Waals surface area contributed by atoms with Crippen molar-refractivity contribution in [2.45, 2.75) is 76.2 Å². The highest BCUT2D eigenvalue weighted by Gasteiger charge is 2.58. The van der Waals surface area contributed by atoms with E-state index in [9.17, 15) is 14.2 Å². The minimum atomic E-state index is -5.29. The van der Waals surface area contributed by atoms with Crippen molar-refractivity contribution < 1.29 is 64.4 Å². The number of hydrogen-bond donors (Lipinski definition) is 11. The highest BCUT2D eigenvalue weighted by molar-refractivity contribution is 7.72. The summed E-state index contributed by atoms with van der Waals surface area (Å²) in [4.78, 5) is 39.4. The van der Waals surface area contributed by atoms with Gasteiger partial charge in [0.1, 0.15) is 0 Å². The maximum Gasteiger partial charge on any atom is 0.369 e. The summed E-state index contributed by atoms with van der Waals surface area (Å²) in [5, 5.41) is 57.3. The van der Waals surface area contributed by atoms with Gasteiger partial charge in [-0.3, -0.25) is 18.9 Å². The van der Waals surface area contributed by atoms with Crippen LogP contribution in [0.5, 0.6) is 0 Å². The molecule has 0 unspecified atom stereocenters. The van der Waals surface area contributed by atoms with Crippen LogP contribution in [0.25, 0.3) is 0 Å².